The van der Waals surface area contributed by atoms with E-state index in [0.29, 0.717) is 23.4 Å². The molecular weight excluding hydrogens is 360 g/mol. The highest BCUT2D eigenvalue weighted by atomic mass is 16.5. The van der Waals surface area contributed by atoms with Gasteiger partial charge in [-0.1, -0.05) is 6.07 Å². The van der Waals surface area contributed by atoms with Gasteiger partial charge in [0.25, 0.3) is 5.91 Å². The van der Waals surface area contributed by atoms with Gasteiger partial charge in [0.15, 0.2) is 6.61 Å². The first kappa shape index (κ1) is 19.4. The Morgan fingerprint density at radius 1 is 1.14 bits per heavy atom. The topological polar surface area (TPSA) is 84.9 Å². The lowest BCUT2D eigenvalue weighted by Gasteiger charge is -2.16. The number of anilines is 2. The highest BCUT2D eigenvalue weighted by Crippen LogP contribution is 2.23. The monoisotopic (exact) mass is 382 g/mol. The van der Waals surface area contributed by atoms with Crippen molar-refractivity contribution < 1.29 is 23.9 Å². The zero-order valence-corrected chi connectivity index (χ0v) is 15.6. The number of carbonyl (C=O) groups is 3. The van der Waals surface area contributed by atoms with Crippen molar-refractivity contribution in [3.05, 3.63) is 54.1 Å². The fourth-order valence-corrected chi connectivity index (χ4v) is 2.92. The third kappa shape index (κ3) is 4.88. The zero-order chi connectivity index (χ0) is 19.9. The number of esters is 1. The third-order valence-electron chi connectivity index (χ3n) is 4.25. The molecule has 7 nitrogen and oxygen atoms in total. The van der Waals surface area contributed by atoms with Crippen molar-refractivity contribution in [1.29, 1.82) is 0 Å². The van der Waals surface area contributed by atoms with Crippen LogP contribution in [0.4, 0.5) is 11.4 Å². The van der Waals surface area contributed by atoms with E-state index in [1.807, 2.05) is 12.1 Å². The first-order chi connectivity index (χ1) is 13.6. The minimum Gasteiger partial charge on any atom is -0.484 e. The molecule has 1 aliphatic rings. The van der Waals surface area contributed by atoms with Crippen LogP contribution in [-0.2, 0) is 14.3 Å². The molecule has 1 heterocycles. The Morgan fingerprint density at radius 2 is 1.93 bits per heavy atom. The van der Waals surface area contributed by atoms with Crippen molar-refractivity contribution in [3.8, 4) is 5.75 Å². The molecule has 146 valence electrons. The lowest BCUT2D eigenvalue weighted by atomic mass is 10.2. The van der Waals surface area contributed by atoms with Crippen molar-refractivity contribution in [2.75, 3.05) is 30.0 Å². The van der Waals surface area contributed by atoms with Crippen LogP contribution >= 0.6 is 0 Å². The number of benzene rings is 2. The molecule has 0 atom stereocenters. The predicted octanol–water partition coefficient (Wildman–Crippen LogP) is 3.01. The van der Waals surface area contributed by atoms with Crippen LogP contribution < -0.4 is 15.0 Å². The van der Waals surface area contributed by atoms with Gasteiger partial charge in [-0.3, -0.25) is 9.59 Å². The summed E-state index contributed by atoms with van der Waals surface area (Å²) in [6.07, 6.45) is 1.44. The van der Waals surface area contributed by atoms with Gasteiger partial charge in [-0.05, 0) is 55.8 Å². The van der Waals surface area contributed by atoms with Crippen LogP contribution in [0.1, 0.15) is 30.1 Å². The maximum Gasteiger partial charge on any atom is 0.338 e. The van der Waals surface area contributed by atoms with Crippen molar-refractivity contribution in [2.24, 2.45) is 0 Å². The molecule has 1 N–H and O–H groups in total. The van der Waals surface area contributed by atoms with Crippen LogP contribution in [0.3, 0.4) is 0 Å². The minimum absolute atomic E-state index is 0.121. The second-order valence-electron chi connectivity index (χ2n) is 6.28. The fourth-order valence-electron chi connectivity index (χ4n) is 2.92. The van der Waals surface area contributed by atoms with Crippen LogP contribution in [0, 0.1) is 0 Å². The van der Waals surface area contributed by atoms with Gasteiger partial charge in [0.2, 0.25) is 5.91 Å². The average molecular weight is 382 g/mol. The molecular formula is C21H22N2O5. The van der Waals surface area contributed by atoms with Gasteiger partial charge in [-0.15, -0.1) is 0 Å². The highest BCUT2D eigenvalue weighted by molar-refractivity contribution is 5.96. The van der Waals surface area contributed by atoms with Gasteiger partial charge in [0.1, 0.15) is 5.75 Å². The summed E-state index contributed by atoms with van der Waals surface area (Å²) in [4.78, 5) is 37.4. The van der Waals surface area contributed by atoms with Crippen LogP contribution in [-0.4, -0.2) is 37.5 Å². The summed E-state index contributed by atoms with van der Waals surface area (Å²) in [6.45, 7) is 2.55. The summed E-state index contributed by atoms with van der Waals surface area (Å²) in [5.41, 5.74) is 1.81. The van der Waals surface area contributed by atoms with Crippen molar-refractivity contribution in [1.82, 2.24) is 0 Å². The molecule has 1 aliphatic heterocycles. The molecule has 0 aromatic heterocycles. The van der Waals surface area contributed by atoms with Gasteiger partial charge < -0.3 is 19.7 Å². The molecule has 0 unspecified atom stereocenters. The minimum atomic E-state index is -0.436. The lowest BCUT2D eigenvalue weighted by Crippen LogP contribution is -2.23. The van der Waals surface area contributed by atoms with E-state index in [1.165, 1.54) is 6.07 Å². The van der Waals surface area contributed by atoms with Gasteiger partial charge in [-0.2, -0.15) is 0 Å². The first-order valence-corrected chi connectivity index (χ1v) is 9.17. The second kappa shape index (κ2) is 9.03. The molecule has 3 rings (SSSR count). The largest absolute Gasteiger partial charge is 0.484 e. The number of amides is 2. The lowest BCUT2D eigenvalue weighted by molar-refractivity contribution is -0.118. The molecule has 0 aliphatic carbocycles. The molecule has 2 aromatic carbocycles. The number of ether oxygens (including phenoxy) is 2. The number of rotatable bonds is 7. The van der Waals surface area contributed by atoms with Gasteiger partial charge in [-0.25, -0.2) is 4.79 Å². The number of carbonyl (C=O) groups excluding carboxylic acids is 3. The number of hydrogen-bond acceptors (Lipinski definition) is 5. The van der Waals surface area contributed by atoms with Gasteiger partial charge in [0.05, 0.1) is 12.2 Å². The molecule has 1 saturated heterocycles. The maximum absolute atomic E-state index is 12.1. The van der Waals surface area contributed by atoms with E-state index >= 15 is 0 Å². The number of nitrogens with one attached hydrogen (secondary N) is 1. The Balaban J connectivity index is 1.52. The maximum atomic E-state index is 12.1. The third-order valence-corrected chi connectivity index (χ3v) is 4.25. The van der Waals surface area contributed by atoms with E-state index in [0.717, 1.165) is 18.7 Å². The summed E-state index contributed by atoms with van der Waals surface area (Å²) in [7, 11) is 0. The van der Waals surface area contributed by atoms with Crippen LogP contribution in [0.2, 0.25) is 0 Å². The summed E-state index contributed by atoms with van der Waals surface area (Å²) < 4.78 is 10.4. The molecule has 0 saturated carbocycles. The van der Waals surface area contributed by atoms with E-state index in [9.17, 15) is 14.4 Å². The van der Waals surface area contributed by atoms with Gasteiger partial charge in [0, 0.05) is 24.3 Å². The molecule has 2 amide bonds. The van der Waals surface area contributed by atoms with Crippen molar-refractivity contribution >= 4 is 29.2 Å². The number of hydrogen-bond donors (Lipinski definition) is 1. The van der Waals surface area contributed by atoms with Crippen molar-refractivity contribution in [2.45, 2.75) is 19.8 Å². The van der Waals surface area contributed by atoms with Gasteiger partial charge >= 0.3 is 5.97 Å². The molecule has 28 heavy (non-hydrogen) atoms. The summed E-state index contributed by atoms with van der Waals surface area (Å²) >= 11 is 0. The quantitative estimate of drug-likeness (QED) is 0.744. The predicted molar refractivity (Wildman–Crippen MR) is 105 cm³/mol. The summed E-state index contributed by atoms with van der Waals surface area (Å²) in [5, 5.41) is 2.74. The molecule has 1 fully saturated rings. The molecule has 7 heteroatoms. The smallest absolute Gasteiger partial charge is 0.338 e. The zero-order valence-electron chi connectivity index (χ0n) is 15.6. The number of nitrogens with zero attached hydrogens (tertiary/aromatic N) is 1. The van der Waals surface area contributed by atoms with E-state index in [-0.39, 0.29) is 25.0 Å². The van der Waals surface area contributed by atoms with Crippen LogP contribution in [0.5, 0.6) is 5.75 Å². The summed E-state index contributed by atoms with van der Waals surface area (Å²) in [6, 6.07) is 13.6. The first-order valence-electron chi connectivity index (χ1n) is 9.17. The Bertz CT molecular complexity index is 863. The van der Waals surface area contributed by atoms with E-state index in [1.54, 1.807) is 42.2 Å². The Morgan fingerprint density at radius 3 is 2.61 bits per heavy atom. The summed E-state index contributed by atoms with van der Waals surface area (Å²) in [5.74, 6) is -0.237. The standard InChI is InChI=1S/C21H22N2O5/c1-2-27-21(26)15-5-3-6-18(13-15)28-14-19(24)22-16-8-10-17(11-9-16)23-12-4-7-20(23)25/h3,5-6,8-11,13H,2,4,7,12,14H2,1H3,(H,22,24). The Kier molecular flexibility index (Phi) is 6.26. The molecule has 0 bridgehead atoms. The Labute approximate surface area is 163 Å². The highest BCUT2D eigenvalue weighted by Gasteiger charge is 2.21. The average Bonchev–Trinajstić information content (AvgIpc) is 3.13. The molecule has 2 aromatic rings. The molecule has 0 radical (unpaired) electrons. The van der Waals surface area contributed by atoms with E-state index in [4.69, 9.17) is 9.47 Å². The molecule has 0 spiro atoms. The van der Waals surface area contributed by atoms with Crippen LogP contribution in [0.15, 0.2) is 48.5 Å². The van der Waals surface area contributed by atoms with E-state index in [2.05, 4.69) is 5.32 Å². The van der Waals surface area contributed by atoms with E-state index < -0.39 is 5.97 Å². The normalized spacial score (nSPS) is 13.3. The van der Waals surface area contributed by atoms with Crippen molar-refractivity contribution in [3.63, 3.8) is 0 Å². The van der Waals surface area contributed by atoms with Crippen LogP contribution in [0.25, 0.3) is 0 Å². The second-order valence-corrected chi connectivity index (χ2v) is 6.28. The fraction of sp³-hybridized carbons (Fsp3) is 0.286. The Hall–Kier alpha value is -3.35. The SMILES string of the molecule is CCOC(=O)c1cccc(OCC(=O)Nc2ccc(N3CCCC3=O)cc2)c1.